The first kappa shape index (κ1) is 19.4. The molecule has 1 N–H and O–H groups in total. The zero-order valence-electron chi connectivity index (χ0n) is 16.9. The molecule has 4 rings (SSSR count). The van der Waals surface area contributed by atoms with Gasteiger partial charge in [-0.2, -0.15) is 4.55 Å². The third-order valence-electron chi connectivity index (χ3n) is 5.66. The number of benzene rings is 1. The Kier molecular flexibility index (Phi) is 4.55. The first-order valence-electron chi connectivity index (χ1n) is 9.77. The van der Waals surface area contributed by atoms with E-state index < -0.39 is 10.2 Å². The van der Waals surface area contributed by atoms with E-state index in [1.54, 1.807) is 18.2 Å². The maximum Gasteiger partial charge on any atom is 0.253 e. The molecule has 2 aromatic rings. The van der Waals surface area contributed by atoms with Gasteiger partial charge in [0.05, 0.1) is 6.61 Å². The maximum atomic E-state index is 12.7. The van der Waals surface area contributed by atoms with Crippen molar-refractivity contribution in [2.75, 3.05) is 12.9 Å². The van der Waals surface area contributed by atoms with Crippen LogP contribution in [0.3, 0.4) is 0 Å². The Hall–Kier alpha value is -1.92. The normalized spacial score (nSPS) is 19.9. The molecule has 1 unspecified atom stereocenters. The molecule has 0 saturated heterocycles. The largest absolute Gasteiger partial charge is 0.493 e. The third-order valence-corrected chi connectivity index (χ3v) is 6.79. The Morgan fingerprint density at radius 2 is 1.96 bits per heavy atom. The SMILES string of the molecule is Cc1cc(-c2cc([S+](C)(=O)O)ccc2OCC2CC2)c2n(c1=O)CC(C)(C)C2. The highest BCUT2D eigenvalue weighted by Gasteiger charge is 2.33. The number of hydrogen-bond donors (Lipinski definition) is 1. The summed E-state index contributed by atoms with van der Waals surface area (Å²) in [6.07, 6.45) is 4.49. The molecule has 0 amide bonds. The Balaban J connectivity index is 1.90. The highest BCUT2D eigenvalue weighted by Crippen LogP contribution is 2.41. The molecule has 28 heavy (non-hydrogen) atoms. The van der Waals surface area contributed by atoms with Gasteiger partial charge in [-0.3, -0.25) is 4.79 Å². The van der Waals surface area contributed by atoms with Crippen molar-refractivity contribution in [2.45, 2.75) is 51.5 Å². The minimum absolute atomic E-state index is 0.00335. The van der Waals surface area contributed by atoms with Gasteiger partial charge < -0.3 is 9.30 Å². The molecule has 2 heterocycles. The fourth-order valence-electron chi connectivity index (χ4n) is 3.94. The lowest BCUT2D eigenvalue weighted by molar-refractivity contribution is 0.300. The molecule has 5 nitrogen and oxygen atoms in total. The van der Waals surface area contributed by atoms with Gasteiger partial charge in [0.25, 0.3) is 5.56 Å². The summed E-state index contributed by atoms with van der Waals surface area (Å²) >= 11 is 0. The van der Waals surface area contributed by atoms with Crippen LogP contribution in [0.15, 0.2) is 34.0 Å². The van der Waals surface area contributed by atoms with Crippen molar-refractivity contribution in [2.24, 2.45) is 11.3 Å². The molecule has 0 spiro atoms. The van der Waals surface area contributed by atoms with Crippen molar-refractivity contribution >= 4 is 10.2 Å². The zero-order valence-corrected chi connectivity index (χ0v) is 17.8. The summed E-state index contributed by atoms with van der Waals surface area (Å²) in [4.78, 5) is 13.1. The van der Waals surface area contributed by atoms with Crippen molar-refractivity contribution in [1.82, 2.24) is 4.57 Å². The van der Waals surface area contributed by atoms with Crippen LogP contribution in [-0.4, -0.2) is 22.0 Å². The molecule has 1 fully saturated rings. The van der Waals surface area contributed by atoms with Crippen molar-refractivity contribution in [1.29, 1.82) is 0 Å². The number of aromatic nitrogens is 1. The summed E-state index contributed by atoms with van der Waals surface area (Å²) in [6.45, 7) is 7.48. The highest BCUT2D eigenvalue weighted by atomic mass is 32.3. The van der Waals surface area contributed by atoms with Crippen LogP contribution in [0.4, 0.5) is 0 Å². The van der Waals surface area contributed by atoms with Gasteiger partial charge in [0, 0.05) is 35.0 Å². The van der Waals surface area contributed by atoms with Gasteiger partial charge in [0.2, 0.25) is 10.2 Å². The molecular weight excluding hydrogens is 374 g/mol. The maximum absolute atomic E-state index is 12.7. The number of aryl methyl sites for hydroxylation is 1. The summed E-state index contributed by atoms with van der Waals surface area (Å²) in [6, 6.07) is 7.13. The van der Waals surface area contributed by atoms with E-state index in [1.165, 1.54) is 19.1 Å². The summed E-state index contributed by atoms with van der Waals surface area (Å²) in [5.74, 6) is 1.32. The topological polar surface area (TPSA) is 68.5 Å². The number of nitrogens with zero attached hydrogens (tertiary/aromatic N) is 1. The van der Waals surface area contributed by atoms with Crippen LogP contribution in [-0.2, 0) is 27.4 Å². The molecule has 1 atom stereocenters. The van der Waals surface area contributed by atoms with E-state index in [1.807, 2.05) is 17.6 Å². The number of pyridine rings is 1. The van der Waals surface area contributed by atoms with E-state index >= 15 is 0 Å². The molecule has 0 bridgehead atoms. The third kappa shape index (κ3) is 3.67. The van der Waals surface area contributed by atoms with E-state index in [-0.39, 0.29) is 11.0 Å². The lowest BCUT2D eigenvalue weighted by atomic mass is 9.89. The monoisotopic (exact) mass is 402 g/mol. The Labute approximate surface area is 167 Å². The highest BCUT2D eigenvalue weighted by molar-refractivity contribution is 7.97. The Morgan fingerprint density at radius 1 is 1.25 bits per heavy atom. The molecule has 1 aromatic carbocycles. The molecule has 6 heteroatoms. The van der Waals surface area contributed by atoms with Gasteiger partial charge in [-0.15, -0.1) is 0 Å². The molecule has 2 aliphatic rings. The predicted octanol–water partition coefficient (Wildman–Crippen LogP) is 4.16. The lowest BCUT2D eigenvalue weighted by Crippen LogP contribution is -2.24. The van der Waals surface area contributed by atoms with Crippen molar-refractivity contribution in [3.63, 3.8) is 0 Å². The average Bonchev–Trinajstić information content (AvgIpc) is 3.37. The van der Waals surface area contributed by atoms with E-state index in [0.29, 0.717) is 35.3 Å². The van der Waals surface area contributed by atoms with E-state index in [2.05, 4.69) is 13.8 Å². The van der Waals surface area contributed by atoms with Gasteiger partial charge in [0.1, 0.15) is 12.0 Å². The Bertz CT molecular complexity index is 1040. The summed E-state index contributed by atoms with van der Waals surface area (Å²) in [7, 11) is -3.10. The van der Waals surface area contributed by atoms with Gasteiger partial charge in [-0.25, -0.2) is 0 Å². The summed E-state index contributed by atoms with van der Waals surface area (Å²) in [5, 5.41) is 0. The smallest absolute Gasteiger partial charge is 0.253 e. The van der Waals surface area contributed by atoms with Gasteiger partial charge >= 0.3 is 0 Å². The second-order valence-electron chi connectivity index (χ2n) is 9.13. The molecule has 1 aromatic heterocycles. The first-order chi connectivity index (χ1) is 13.0. The van der Waals surface area contributed by atoms with Crippen LogP contribution in [0.5, 0.6) is 5.75 Å². The first-order valence-corrected chi connectivity index (χ1v) is 11.7. The van der Waals surface area contributed by atoms with Crippen molar-refractivity contribution in [3.8, 4) is 16.9 Å². The zero-order chi connectivity index (χ0) is 20.3. The van der Waals surface area contributed by atoms with Gasteiger partial charge in [-0.05, 0) is 55.7 Å². The van der Waals surface area contributed by atoms with Crippen molar-refractivity contribution in [3.05, 3.63) is 45.9 Å². The Morgan fingerprint density at radius 3 is 2.61 bits per heavy atom. The minimum atomic E-state index is -3.10. The molecule has 1 saturated carbocycles. The summed E-state index contributed by atoms with van der Waals surface area (Å²) in [5.41, 5.74) is 3.43. The molecule has 150 valence electrons. The molecule has 1 aliphatic heterocycles. The summed E-state index contributed by atoms with van der Waals surface area (Å²) < 4.78 is 30.3. The van der Waals surface area contributed by atoms with E-state index in [9.17, 15) is 13.6 Å². The van der Waals surface area contributed by atoms with Crippen LogP contribution < -0.4 is 10.3 Å². The van der Waals surface area contributed by atoms with Crippen LogP contribution in [0, 0.1) is 18.3 Å². The lowest BCUT2D eigenvalue weighted by Gasteiger charge is -2.16. The average molecular weight is 403 g/mol. The fourth-order valence-corrected chi connectivity index (χ4v) is 4.60. The number of fused-ring (bicyclic) bond motifs is 1. The van der Waals surface area contributed by atoms with E-state index in [0.717, 1.165) is 23.2 Å². The van der Waals surface area contributed by atoms with Crippen LogP contribution >= 0.6 is 0 Å². The van der Waals surface area contributed by atoms with Crippen LogP contribution in [0.25, 0.3) is 11.1 Å². The van der Waals surface area contributed by atoms with Crippen LogP contribution in [0.1, 0.15) is 37.9 Å². The van der Waals surface area contributed by atoms with Gasteiger partial charge in [-0.1, -0.05) is 18.1 Å². The number of ether oxygens (including phenoxy) is 1. The number of rotatable bonds is 5. The molecule has 1 aliphatic carbocycles. The van der Waals surface area contributed by atoms with Crippen molar-refractivity contribution < 1.29 is 13.5 Å². The second-order valence-corrected chi connectivity index (χ2v) is 11.2. The standard InChI is InChI=1S/C22H27NO4S/c1-14-9-17(19-11-22(2,3)13-23(19)21(14)24)18-10-16(28(4,25)26)7-8-20(18)27-12-15-5-6-15/h7-10,15H,5-6,11-13H2,1-4H3/p+1. The second kappa shape index (κ2) is 6.56. The number of hydrogen-bond acceptors (Lipinski definition) is 3. The quantitative estimate of drug-likeness (QED) is 0.763. The minimum Gasteiger partial charge on any atom is -0.493 e. The molecule has 0 radical (unpaired) electrons. The fraction of sp³-hybridized carbons (Fsp3) is 0.500. The molecular formula is C22H28NO4S+. The van der Waals surface area contributed by atoms with Gasteiger partial charge in [0.15, 0.2) is 4.90 Å². The van der Waals surface area contributed by atoms with Crippen LogP contribution in [0.2, 0.25) is 0 Å². The predicted molar refractivity (Wildman–Crippen MR) is 111 cm³/mol. The van der Waals surface area contributed by atoms with E-state index in [4.69, 9.17) is 4.74 Å².